The van der Waals surface area contributed by atoms with E-state index in [0.717, 1.165) is 19.5 Å². The van der Waals surface area contributed by atoms with Crippen LogP contribution in [0.25, 0.3) is 0 Å². The van der Waals surface area contributed by atoms with E-state index in [1.807, 2.05) is 0 Å². The fourth-order valence-electron chi connectivity index (χ4n) is 1.31. The Morgan fingerprint density at radius 1 is 1.54 bits per heavy atom. The number of rotatable bonds is 4. The molecular formula is C8H13N3O2. The minimum absolute atomic E-state index is 0.0734. The van der Waals surface area contributed by atoms with E-state index in [0.29, 0.717) is 24.1 Å². The lowest BCUT2D eigenvalue weighted by atomic mass is 10.00. The first-order valence-corrected chi connectivity index (χ1v) is 4.51. The van der Waals surface area contributed by atoms with Crippen molar-refractivity contribution in [1.82, 2.24) is 15.5 Å². The van der Waals surface area contributed by atoms with Crippen LogP contribution in [0.15, 0.2) is 4.52 Å². The molecule has 1 fully saturated rings. The number of hydrogen-bond donors (Lipinski definition) is 2. The van der Waals surface area contributed by atoms with E-state index in [1.54, 1.807) is 0 Å². The van der Waals surface area contributed by atoms with Gasteiger partial charge in [0.15, 0.2) is 5.82 Å². The number of nitrogens with zero attached hydrogens (tertiary/aromatic N) is 2. The van der Waals surface area contributed by atoms with E-state index in [2.05, 4.69) is 15.5 Å². The zero-order valence-corrected chi connectivity index (χ0v) is 7.36. The van der Waals surface area contributed by atoms with Crippen molar-refractivity contribution >= 4 is 0 Å². The van der Waals surface area contributed by atoms with Gasteiger partial charge < -0.3 is 14.9 Å². The minimum atomic E-state index is 0.0734. The third-order valence-electron chi connectivity index (χ3n) is 2.17. The third-order valence-corrected chi connectivity index (χ3v) is 2.17. The van der Waals surface area contributed by atoms with Gasteiger partial charge in [-0.2, -0.15) is 4.98 Å². The summed E-state index contributed by atoms with van der Waals surface area (Å²) in [6.45, 7) is 2.15. The normalized spacial score (nSPS) is 17.3. The van der Waals surface area contributed by atoms with Crippen LogP contribution in [0.4, 0.5) is 0 Å². The van der Waals surface area contributed by atoms with Crippen molar-refractivity contribution in [2.45, 2.75) is 12.8 Å². The van der Waals surface area contributed by atoms with Gasteiger partial charge in [0.2, 0.25) is 5.89 Å². The van der Waals surface area contributed by atoms with Gasteiger partial charge in [0, 0.05) is 12.8 Å². The van der Waals surface area contributed by atoms with Crippen molar-refractivity contribution in [1.29, 1.82) is 0 Å². The summed E-state index contributed by atoms with van der Waals surface area (Å²) in [6.07, 6.45) is 1.33. The van der Waals surface area contributed by atoms with Crippen molar-refractivity contribution in [2.75, 3.05) is 19.7 Å². The van der Waals surface area contributed by atoms with E-state index < -0.39 is 0 Å². The Kier molecular flexibility index (Phi) is 2.56. The first kappa shape index (κ1) is 8.65. The smallest absolute Gasteiger partial charge is 0.227 e. The molecule has 0 spiro atoms. The summed E-state index contributed by atoms with van der Waals surface area (Å²) < 4.78 is 5.02. The van der Waals surface area contributed by atoms with Crippen LogP contribution in [0.3, 0.4) is 0 Å². The maximum Gasteiger partial charge on any atom is 0.227 e. The summed E-state index contributed by atoms with van der Waals surface area (Å²) in [7, 11) is 0. The van der Waals surface area contributed by atoms with Crippen LogP contribution in [0.5, 0.6) is 0 Å². The molecule has 1 aliphatic rings. The Labute approximate surface area is 76.1 Å². The molecule has 2 N–H and O–H groups in total. The summed E-state index contributed by atoms with van der Waals surface area (Å²) in [5.74, 6) is 1.93. The second-order valence-electron chi connectivity index (χ2n) is 3.31. The molecule has 0 atom stereocenters. The molecule has 5 heteroatoms. The highest BCUT2D eigenvalue weighted by Gasteiger charge is 2.20. The topological polar surface area (TPSA) is 71.2 Å². The molecule has 0 radical (unpaired) electrons. The molecule has 0 saturated carbocycles. The van der Waals surface area contributed by atoms with Crippen molar-refractivity contribution in [3.63, 3.8) is 0 Å². The fourth-order valence-corrected chi connectivity index (χ4v) is 1.31. The molecule has 2 rings (SSSR count). The van der Waals surface area contributed by atoms with Crippen LogP contribution >= 0.6 is 0 Å². The van der Waals surface area contributed by atoms with Gasteiger partial charge in [-0.15, -0.1) is 0 Å². The third kappa shape index (κ3) is 2.05. The van der Waals surface area contributed by atoms with Crippen LogP contribution in [-0.4, -0.2) is 34.9 Å². The lowest BCUT2D eigenvalue weighted by Crippen LogP contribution is -2.43. The van der Waals surface area contributed by atoms with E-state index in [-0.39, 0.29) is 6.61 Å². The zero-order valence-electron chi connectivity index (χ0n) is 7.36. The molecule has 0 unspecified atom stereocenters. The molecule has 0 aromatic carbocycles. The van der Waals surface area contributed by atoms with Crippen molar-refractivity contribution in [3.05, 3.63) is 11.7 Å². The summed E-state index contributed by atoms with van der Waals surface area (Å²) in [5.41, 5.74) is 0. The summed E-state index contributed by atoms with van der Waals surface area (Å²) >= 11 is 0. The molecular weight excluding hydrogens is 170 g/mol. The highest BCUT2D eigenvalue weighted by atomic mass is 16.5. The van der Waals surface area contributed by atoms with Crippen LogP contribution < -0.4 is 5.32 Å². The van der Waals surface area contributed by atoms with Gasteiger partial charge in [0.1, 0.15) is 0 Å². The number of aliphatic hydroxyl groups excluding tert-OH is 1. The van der Waals surface area contributed by atoms with E-state index >= 15 is 0 Å². The van der Waals surface area contributed by atoms with E-state index in [1.165, 1.54) is 0 Å². The Balaban J connectivity index is 1.88. The largest absolute Gasteiger partial charge is 0.396 e. The quantitative estimate of drug-likeness (QED) is 0.650. The molecule has 0 amide bonds. The van der Waals surface area contributed by atoms with Gasteiger partial charge in [-0.1, -0.05) is 5.16 Å². The Morgan fingerprint density at radius 2 is 2.38 bits per heavy atom. The molecule has 0 aliphatic carbocycles. The summed E-state index contributed by atoms with van der Waals surface area (Å²) in [6, 6.07) is 0. The van der Waals surface area contributed by atoms with Crippen LogP contribution in [0, 0.1) is 5.92 Å². The fraction of sp³-hybridized carbons (Fsp3) is 0.750. The van der Waals surface area contributed by atoms with Crippen LogP contribution in [0.2, 0.25) is 0 Å². The highest BCUT2D eigenvalue weighted by molar-refractivity contribution is 4.90. The molecule has 72 valence electrons. The van der Waals surface area contributed by atoms with Crippen molar-refractivity contribution < 1.29 is 9.63 Å². The molecule has 1 aliphatic heterocycles. The van der Waals surface area contributed by atoms with Crippen LogP contribution in [-0.2, 0) is 12.8 Å². The number of hydrogen-bond acceptors (Lipinski definition) is 5. The molecule has 1 aromatic rings. The molecule has 5 nitrogen and oxygen atoms in total. The number of nitrogens with one attached hydrogen (secondary N) is 1. The monoisotopic (exact) mass is 183 g/mol. The van der Waals surface area contributed by atoms with E-state index in [4.69, 9.17) is 9.63 Å². The second-order valence-corrected chi connectivity index (χ2v) is 3.31. The average molecular weight is 183 g/mol. The number of aliphatic hydroxyl groups is 1. The predicted molar refractivity (Wildman–Crippen MR) is 45.2 cm³/mol. The lowest BCUT2D eigenvalue weighted by molar-refractivity contribution is 0.286. The van der Waals surface area contributed by atoms with E-state index in [9.17, 15) is 0 Å². The first-order chi connectivity index (χ1) is 6.38. The van der Waals surface area contributed by atoms with Gasteiger partial charge in [-0.05, 0) is 19.0 Å². The lowest BCUT2D eigenvalue weighted by Gasteiger charge is -2.25. The van der Waals surface area contributed by atoms with Gasteiger partial charge in [0.05, 0.1) is 6.61 Å². The first-order valence-electron chi connectivity index (χ1n) is 4.51. The van der Waals surface area contributed by atoms with Gasteiger partial charge in [0.25, 0.3) is 0 Å². The number of aromatic nitrogens is 2. The minimum Gasteiger partial charge on any atom is -0.396 e. The van der Waals surface area contributed by atoms with Crippen molar-refractivity contribution in [3.8, 4) is 0 Å². The Hall–Kier alpha value is -0.940. The maximum absolute atomic E-state index is 8.64. The maximum atomic E-state index is 8.64. The second kappa shape index (κ2) is 3.85. The molecule has 2 heterocycles. The van der Waals surface area contributed by atoms with Gasteiger partial charge in [-0.25, -0.2) is 0 Å². The summed E-state index contributed by atoms with van der Waals surface area (Å²) in [4.78, 5) is 4.16. The predicted octanol–water partition coefficient (Wildman–Crippen LogP) is -0.634. The molecule has 1 saturated heterocycles. The van der Waals surface area contributed by atoms with Crippen molar-refractivity contribution in [2.24, 2.45) is 5.92 Å². The average Bonchev–Trinajstić information content (AvgIpc) is 2.46. The molecule has 1 aromatic heterocycles. The van der Waals surface area contributed by atoms with Crippen LogP contribution in [0.1, 0.15) is 11.7 Å². The summed E-state index contributed by atoms with van der Waals surface area (Å²) in [5, 5.41) is 15.6. The Morgan fingerprint density at radius 3 is 3.00 bits per heavy atom. The Bertz CT molecular complexity index is 270. The standard InChI is InChI=1S/C8H13N3O2/c12-2-1-7-10-8(13-11-7)3-6-4-9-5-6/h6,9,12H,1-5H2. The van der Waals surface area contributed by atoms with Gasteiger partial charge in [-0.3, -0.25) is 0 Å². The highest BCUT2D eigenvalue weighted by Crippen LogP contribution is 2.10. The van der Waals surface area contributed by atoms with Gasteiger partial charge >= 0.3 is 0 Å². The molecule has 13 heavy (non-hydrogen) atoms. The molecule has 0 bridgehead atoms. The SMILES string of the molecule is OCCc1noc(CC2CNC2)n1. The zero-order chi connectivity index (χ0) is 9.10.